The van der Waals surface area contributed by atoms with Gasteiger partial charge in [-0.1, -0.05) is 37.3 Å². The maximum absolute atomic E-state index is 11.3. The molecule has 7 heteroatoms. The zero-order chi connectivity index (χ0) is 16.6. The fourth-order valence-corrected chi connectivity index (χ4v) is 3.11. The number of nitro benzene ring substituents is 2. The predicted molar refractivity (Wildman–Crippen MR) is 85.4 cm³/mol. The summed E-state index contributed by atoms with van der Waals surface area (Å²) >= 11 is 0. The van der Waals surface area contributed by atoms with Crippen molar-refractivity contribution in [1.82, 2.24) is 0 Å². The molecule has 0 bridgehead atoms. The van der Waals surface area contributed by atoms with Crippen LogP contribution < -0.4 is 4.90 Å². The lowest BCUT2D eigenvalue weighted by molar-refractivity contribution is -0.393. The van der Waals surface area contributed by atoms with Crippen molar-refractivity contribution in [3.8, 4) is 0 Å². The number of nitrogens with zero attached hydrogens (tertiary/aromatic N) is 3. The van der Waals surface area contributed by atoms with Crippen LogP contribution in [0.3, 0.4) is 0 Å². The summed E-state index contributed by atoms with van der Waals surface area (Å²) in [6.45, 7) is 2.77. The van der Waals surface area contributed by atoms with E-state index in [2.05, 4.69) is 6.92 Å². The van der Waals surface area contributed by atoms with E-state index in [1.807, 2.05) is 35.2 Å². The average molecular weight is 313 g/mol. The van der Waals surface area contributed by atoms with Crippen LogP contribution in [0.5, 0.6) is 0 Å². The van der Waals surface area contributed by atoms with Gasteiger partial charge in [-0.15, -0.1) is 0 Å². The smallest absolute Gasteiger partial charge is 0.299 e. The molecule has 1 heterocycles. The van der Waals surface area contributed by atoms with Crippen LogP contribution in [0, 0.1) is 26.1 Å². The number of nitro groups is 2. The molecule has 2 aromatic carbocycles. The van der Waals surface area contributed by atoms with Crippen molar-refractivity contribution < 1.29 is 9.85 Å². The van der Waals surface area contributed by atoms with E-state index in [1.54, 1.807) is 0 Å². The van der Waals surface area contributed by atoms with Crippen molar-refractivity contribution in [3.05, 3.63) is 74.3 Å². The molecule has 1 aliphatic rings. The molecule has 2 aromatic rings. The highest BCUT2D eigenvalue weighted by Gasteiger charge is 2.40. The summed E-state index contributed by atoms with van der Waals surface area (Å²) in [5, 5.41) is 22.2. The number of rotatable bonds is 4. The molecule has 1 fully saturated rings. The number of benzene rings is 2. The van der Waals surface area contributed by atoms with Gasteiger partial charge in [0.15, 0.2) is 0 Å². The van der Waals surface area contributed by atoms with Crippen LogP contribution in [-0.2, 0) is 0 Å². The lowest BCUT2D eigenvalue weighted by Crippen LogP contribution is -2.48. The van der Waals surface area contributed by atoms with E-state index in [9.17, 15) is 20.2 Å². The zero-order valence-corrected chi connectivity index (χ0v) is 12.5. The molecule has 0 aromatic heterocycles. The Bertz CT molecular complexity index is 763. The van der Waals surface area contributed by atoms with Crippen molar-refractivity contribution in [2.45, 2.75) is 13.0 Å². The summed E-state index contributed by atoms with van der Waals surface area (Å²) in [4.78, 5) is 22.9. The van der Waals surface area contributed by atoms with Crippen LogP contribution in [0.15, 0.2) is 48.5 Å². The van der Waals surface area contributed by atoms with Gasteiger partial charge in [-0.3, -0.25) is 20.2 Å². The number of hydrogen-bond donors (Lipinski definition) is 0. The maximum Gasteiger partial charge on any atom is 0.299 e. The molecule has 23 heavy (non-hydrogen) atoms. The van der Waals surface area contributed by atoms with Gasteiger partial charge in [0, 0.05) is 12.6 Å². The Balaban J connectivity index is 2.01. The number of hydrogen-bond acceptors (Lipinski definition) is 5. The summed E-state index contributed by atoms with van der Waals surface area (Å²) in [5.41, 5.74) is 1.00. The Morgan fingerprint density at radius 3 is 2.30 bits per heavy atom. The van der Waals surface area contributed by atoms with E-state index in [-0.39, 0.29) is 17.4 Å². The monoisotopic (exact) mass is 313 g/mol. The van der Waals surface area contributed by atoms with Crippen LogP contribution in [-0.4, -0.2) is 16.4 Å². The van der Waals surface area contributed by atoms with E-state index in [0.29, 0.717) is 18.2 Å². The largest absolute Gasteiger partial charge is 0.358 e. The maximum atomic E-state index is 11.3. The predicted octanol–water partition coefficient (Wildman–Crippen LogP) is 3.70. The Morgan fingerprint density at radius 2 is 1.74 bits per heavy atom. The van der Waals surface area contributed by atoms with Crippen molar-refractivity contribution >= 4 is 17.1 Å². The molecule has 0 unspecified atom stereocenters. The second-order valence-corrected chi connectivity index (χ2v) is 5.67. The first-order chi connectivity index (χ1) is 11.0. The average Bonchev–Trinajstić information content (AvgIpc) is 2.52. The molecule has 118 valence electrons. The standard InChI is InChI=1S/C16H15N3O4/c1-11-10-17(16(11)12-5-3-2-4-6-12)14-8-7-13(18(20)21)9-15(14)19(22)23/h2-9,11,16H,10H2,1H3/t11-,16-/m1/s1. The van der Waals surface area contributed by atoms with E-state index in [1.165, 1.54) is 12.1 Å². The van der Waals surface area contributed by atoms with Crippen molar-refractivity contribution in [3.63, 3.8) is 0 Å². The summed E-state index contributed by atoms with van der Waals surface area (Å²) in [5.74, 6) is 0.354. The molecule has 0 N–H and O–H groups in total. The summed E-state index contributed by atoms with van der Waals surface area (Å²) < 4.78 is 0. The molecule has 0 spiro atoms. The molecule has 1 saturated heterocycles. The normalized spacial score (nSPS) is 20.0. The van der Waals surface area contributed by atoms with Gasteiger partial charge >= 0.3 is 0 Å². The minimum Gasteiger partial charge on any atom is -0.358 e. The second kappa shape index (κ2) is 5.68. The first-order valence-corrected chi connectivity index (χ1v) is 7.23. The quantitative estimate of drug-likeness (QED) is 0.634. The van der Waals surface area contributed by atoms with E-state index < -0.39 is 9.85 Å². The topological polar surface area (TPSA) is 89.5 Å². The van der Waals surface area contributed by atoms with Gasteiger partial charge in [-0.05, 0) is 17.5 Å². The Kier molecular flexibility index (Phi) is 3.69. The third-order valence-electron chi connectivity index (χ3n) is 4.18. The molecule has 0 saturated carbocycles. The van der Waals surface area contributed by atoms with Gasteiger partial charge in [0.2, 0.25) is 0 Å². The Morgan fingerprint density at radius 1 is 1.04 bits per heavy atom. The number of non-ortho nitro benzene ring substituents is 1. The summed E-state index contributed by atoms with van der Waals surface area (Å²) in [6.07, 6.45) is 0. The lowest BCUT2D eigenvalue weighted by atomic mass is 9.84. The van der Waals surface area contributed by atoms with Crippen LogP contribution in [0.25, 0.3) is 0 Å². The molecule has 7 nitrogen and oxygen atoms in total. The highest BCUT2D eigenvalue weighted by atomic mass is 16.6. The molecular weight excluding hydrogens is 298 g/mol. The Labute approximate surface area is 132 Å². The van der Waals surface area contributed by atoms with Gasteiger partial charge in [0.25, 0.3) is 11.4 Å². The van der Waals surface area contributed by atoms with Crippen LogP contribution in [0.2, 0.25) is 0 Å². The molecule has 2 atom stereocenters. The van der Waals surface area contributed by atoms with Gasteiger partial charge in [-0.2, -0.15) is 0 Å². The van der Waals surface area contributed by atoms with E-state index in [4.69, 9.17) is 0 Å². The SMILES string of the molecule is C[C@@H]1CN(c2ccc([N+](=O)[O-])cc2[N+](=O)[O-])[C@H]1c1ccccc1. The lowest BCUT2D eigenvalue weighted by Gasteiger charge is -2.48. The van der Waals surface area contributed by atoms with Gasteiger partial charge in [0.1, 0.15) is 5.69 Å². The van der Waals surface area contributed by atoms with Crippen molar-refractivity contribution in [2.75, 3.05) is 11.4 Å². The fraction of sp³-hybridized carbons (Fsp3) is 0.250. The number of anilines is 1. The zero-order valence-electron chi connectivity index (χ0n) is 12.5. The van der Waals surface area contributed by atoms with Crippen LogP contribution in [0.4, 0.5) is 17.1 Å². The summed E-state index contributed by atoms with van der Waals surface area (Å²) in [6, 6.07) is 13.6. The summed E-state index contributed by atoms with van der Waals surface area (Å²) in [7, 11) is 0. The molecule has 0 aliphatic carbocycles. The first kappa shape index (κ1) is 15.0. The van der Waals surface area contributed by atoms with Crippen LogP contribution >= 0.6 is 0 Å². The van der Waals surface area contributed by atoms with E-state index in [0.717, 1.165) is 11.6 Å². The Hall–Kier alpha value is -2.96. The molecule has 1 aliphatic heterocycles. The van der Waals surface area contributed by atoms with E-state index >= 15 is 0 Å². The fourth-order valence-electron chi connectivity index (χ4n) is 3.11. The molecule has 0 amide bonds. The second-order valence-electron chi connectivity index (χ2n) is 5.67. The van der Waals surface area contributed by atoms with Gasteiger partial charge in [-0.25, -0.2) is 0 Å². The van der Waals surface area contributed by atoms with Crippen molar-refractivity contribution in [2.24, 2.45) is 5.92 Å². The van der Waals surface area contributed by atoms with Gasteiger partial charge in [0.05, 0.1) is 22.0 Å². The molecule has 3 rings (SSSR count). The third-order valence-corrected chi connectivity index (χ3v) is 4.18. The minimum atomic E-state index is -0.621. The molecular formula is C16H15N3O4. The molecule has 0 radical (unpaired) electrons. The van der Waals surface area contributed by atoms with Crippen LogP contribution in [0.1, 0.15) is 18.5 Å². The minimum absolute atomic E-state index is 0.0383. The highest BCUT2D eigenvalue weighted by Crippen LogP contribution is 2.45. The third kappa shape index (κ3) is 2.61. The van der Waals surface area contributed by atoms with Gasteiger partial charge < -0.3 is 4.90 Å². The first-order valence-electron chi connectivity index (χ1n) is 7.23. The van der Waals surface area contributed by atoms with Crippen molar-refractivity contribution in [1.29, 1.82) is 0 Å². The highest BCUT2D eigenvalue weighted by molar-refractivity contribution is 5.69.